The second-order valence-electron chi connectivity index (χ2n) is 7.15. The zero-order valence-corrected chi connectivity index (χ0v) is 16.7. The molecule has 0 saturated carbocycles. The number of hydrogen-bond acceptors (Lipinski definition) is 5. The van der Waals surface area contributed by atoms with E-state index in [1.807, 2.05) is 36.4 Å². The molecule has 1 N–H and O–H groups in total. The highest BCUT2D eigenvalue weighted by molar-refractivity contribution is 6.30. The average molecular weight is 420 g/mol. The molecule has 5 rings (SSSR count). The minimum atomic E-state index is -0.991. The third kappa shape index (κ3) is 2.66. The van der Waals surface area contributed by atoms with Crippen LogP contribution in [0.15, 0.2) is 67.0 Å². The molecule has 0 bridgehead atoms. The van der Waals surface area contributed by atoms with Crippen molar-refractivity contribution in [1.82, 2.24) is 19.8 Å². The Morgan fingerprint density at radius 3 is 2.53 bits per heavy atom. The summed E-state index contributed by atoms with van der Waals surface area (Å²) >= 11 is 6.12. The van der Waals surface area contributed by atoms with Crippen molar-refractivity contribution in [3.63, 3.8) is 0 Å². The Bertz CT molecular complexity index is 1120. The van der Waals surface area contributed by atoms with Gasteiger partial charge >= 0.3 is 0 Å². The second-order valence-corrected chi connectivity index (χ2v) is 7.59. The van der Waals surface area contributed by atoms with Crippen molar-refractivity contribution in [2.45, 2.75) is 5.66 Å². The molecule has 150 valence electrons. The fraction of sp³-hybridized carbons (Fsp3) is 0.182. The fourth-order valence-electron chi connectivity index (χ4n) is 4.42. The number of benzene rings is 2. The van der Waals surface area contributed by atoms with Gasteiger partial charge in [0.15, 0.2) is 5.66 Å². The van der Waals surface area contributed by atoms with Crippen LogP contribution < -0.4 is 5.32 Å². The largest absolute Gasteiger partial charge is 0.345 e. The topological polar surface area (TPSA) is 78.4 Å². The Balaban J connectivity index is 1.58. The lowest BCUT2D eigenvalue weighted by Crippen LogP contribution is -2.52. The molecule has 2 amide bonds. The van der Waals surface area contributed by atoms with Gasteiger partial charge in [0.2, 0.25) is 11.9 Å². The molecule has 0 radical (unpaired) electrons. The minimum Gasteiger partial charge on any atom is -0.345 e. The maximum Gasteiger partial charge on any atom is 0.256 e. The Morgan fingerprint density at radius 2 is 1.77 bits per heavy atom. The molecule has 1 saturated heterocycles. The van der Waals surface area contributed by atoms with Crippen LogP contribution in [0.5, 0.6) is 0 Å². The summed E-state index contributed by atoms with van der Waals surface area (Å²) in [5.41, 5.74) is 1.25. The first-order chi connectivity index (χ1) is 14.6. The lowest BCUT2D eigenvalue weighted by atomic mass is 9.90. The number of hydrogen-bond donors (Lipinski definition) is 1. The zero-order chi connectivity index (χ0) is 20.7. The highest BCUT2D eigenvalue weighted by atomic mass is 35.5. The summed E-state index contributed by atoms with van der Waals surface area (Å²) < 4.78 is 0. The van der Waals surface area contributed by atoms with E-state index >= 15 is 0 Å². The van der Waals surface area contributed by atoms with E-state index in [1.54, 1.807) is 40.4 Å². The van der Waals surface area contributed by atoms with Crippen molar-refractivity contribution in [1.29, 1.82) is 0 Å². The van der Waals surface area contributed by atoms with Gasteiger partial charge in [0.25, 0.3) is 5.91 Å². The molecule has 2 aromatic carbocycles. The molecule has 1 aromatic heterocycles. The van der Waals surface area contributed by atoms with Crippen LogP contribution in [-0.4, -0.2) is 51.2 Å². The first-order valence-corrected chi connectivity index (χ1v) is 9.99. The van der Waals surface area contributed by atoms with E-state index in [4.69, 9.17) is 11.6 Å². The molecule has 30 heavy (non-hydrogen) atoms. The van der Waals surface area contributed by atoms with Crippen LogP contribution in [0.25, 0.3) is 0 Å². The van der Waals surface area contributed by atoms with Gasteiger partial charge in [-0.2, -0.15) is 0 Å². The third-order valence-electron chi connectivity index (χ3n) is 5.62. The Morgan fingerprint density at radius 1 is 1.03 bits per heavy atom. The van der Waals surface area contributed by atoms with Gasteiger partial charge in [-0.25, -0.2) is 9.97 Å². The number of halogens is 1. The summed E-state index contributed by atoms with van der Waals surface area (Å²) in [7, 11) is 0. The number of carbonyl (C=O) groups excluding carboxylic acids is 2. The quantitative estimate of drug-likeness (QED) is 0.703. The van der Waals surface area contributed by atoms with Crippen LogP contribution >= 0.6 is 11.6 Å². The molecule has 3 aromatic rings. The highest BCUT2D eigenvalue weighted by Gasteiger charge is 2.59. The van der Waals surface area contributed by atoms with Gasteiger partial charge < -0.3 is 15.1 Å². The fourth-order valence-corrected chi connectivity index (χ4v) is 4.55. The standard InChI is InChI=1S/C22H18ClN5O2/c23-16-8-6-15(7-9-16)22-18-5-2-1-4-17(18)20(30)28(22)13-12-27(22)19(29)14-26-21-24-10-3-11-25-21/h1-11H,12-14H2,(H,24,25,26). The van der Waals surface area contributed by atoms with Crippen LogP contribution in [0.2, 0.25) is 5.02 Å². The van der Waals surface area contributed by atoms with E-state index in [0.29, 0.717) is 29.6 Å². The zero-order valence-electron chi connectivity index (χ0n) is 16.0. The first-order valence-electron chi connectivity index (χ1n) is 9.61. The summed E-state index contributed by atoms with van der Waals surface area (Å²) in [6, 6.07) is 16.5. The molecule has 2 aliphatic heterocycles. The van der Waals surface area contributed by atoms with Gasteiger partial charge in [0, 0.05) is 47.2 Å². The third-order valence-corrected chi connectivity index (χ3v) is 5.87. The number of rotatable bonds is 4. The van der Waals surface area contributed by atoms with E-state index in [2.05, 4.69) is 15.3 Å². The minimum absolute atomic E-state index is 0.0174. The van der Waals surface area contributed by atoms with Gasteiger partial charge in [-0.3, -0.25) is 9.59 Å². The van der Waals surface area contributed by atoms with Gasteiger partial charge in [-0.05, 0) is 24.3 Å². The second kappa shape index (κ2) is 7.11. The van der Waals surface area contributed by atoms with Crippen LogP contribution in [-0.2, 0) is 10.5 Å². The summed E-state index contributed by atoms with van der Waals surface area (Å²) in [4.78, 5) is 38.3. The first kappa shape index (κ1) is 18.6. The molecular weight excluding hydrogens is 402 g/mol. The maximum atomic E-state index is 13.4. The Hall–Kier alpha value is -3.45. The van der Waals surface area contributed by atoms with Crippen LogP contribution in [0, 0.1) is 0 Å². The van der Waals surface area contributed by atoms with Crippen molar-refractivity contribution in [3.05, 3.63) is 88.7 Å². The number of nitrogens with zero attached hydrogens (tertiary/aromatic N) is 4. The van der Waals surface area contributed by atoms with E-state index in [1.165, 1.54) is 0 Å². The normalized spacial score (nSPS) is 19.6. The molecule has 0 aliphatic carbocycles. The number of fused-ring (bicyclic) bond motifs is 3. The highest BCUT2D eigenvalue weighted by Crippen LogP contribution is 2.49. The lowest BCUT2D eigenvalue weighted by Gasteiger charge is -2.40. The molecule has 7 nitrogen and oxygen atoms in total. The number of amides is 2. The van der Waals surface area contributed by atoms with Gasteiger partial charge in [-0.1, -0.05) is 41.9 Å². The summed E-state index contributed by atoms with van der Waals surface area (Å²) in [5.74, 6) is 0.157. The monoisotopic (exact) mass is 419 g/mol. The Kier molecular flexibility index (Phi) is 4.40. The van der Waals surface area contributed by atoms with Crippen molar-refractivity contribution >= 4 is 29.4 Å². The predicted octanol–water partition coefficient (Wildman–Crippen LogP) is 2.74. The summed E-state index contributed by atoms with van der Waals surface area (Å²) in [6.07, 6.45) is 3.22. The summed E-state index contributed by atoms with van der Waals surface area (Å²) in [6.45, 7) is 0.895. The molecule has 1 unspecified atom stereocenters. The maximum absolute atomic E-state index is 13.4. The molecule has 0 spiro atoms. The SMILES string of the molecule is O=C(CNc1ncccn1)N1CCN2C(=O)c3ccccc3C12c1ccc(Cl)cc1. The molecule has 1 fully saturated rings. The van der Waals surface area contributed by atoms with E-state index in [-0.39, 0.29) is 18.4 Å². The Labute approximate surface area is 178 Å². The molecule has 2 aliphatic rings. The van der Waals surface area contributed by atoms with E-state index in [9.17, 15) is 9.59 Å². The van der Waals surface area contributed by atoms with Crippen molar-refractivity contribution in [2.75, 3.05) is 25.0 Å². The van der Waals surface area contributed by atoms with Crippen molar-refractivity contribution < 1.29 is 9.59 Å². The van der Waals surface area contributed by atoms with Gasteiger partial charge in [-0.15, -0.1) is 0 Å². The number of aromatic nitrogens is 2. The molecular formula is C22H18ClN5O2. The van der Waals surface area contributed by atoms with Crippen molar-refractivity contribution in [3.8, 4) is 0 Å². The van der Waals surface area contributed by atoms with Gasteiger partial charge in [0.05, 0.1) is 6.54 Å². The van der Waals surface area contributed by atoms with Crippen LogP contribution in [0.3, 0.4) is 0 Å². The van der Waals surface area contributed by atoms with Gasteiger partial charge in [0.1, 0.15) is 0 Å². The van der Waals surface area contributed by atoms with Crippen LogP contribution in [0.4, 0.5) is 5.95 Å². The average Bonchev–Trinajstić information content (AvgIpc) is 3.29. The number of nitrogens with one attached hydrogen (secondary N) is 1. The van der Waals surface area contributed by atoms with E-state index < -0.39 is 5.66 Å². The predicted molar refractivity (Wildman–Crippen MR) is 112 cm³/mol. The molecule has 1 atom stereocenters. The number of anilines is 1. The molecule has 8 heteroatoms. The molecule has 3 heterocycles. The van der Waals surface area contributed by atoms with Crippen LogP contribution in [0.1, 0.15) is 21.5 Å². The number of carbonyl (C=O) groups is 2. The van der Waals surface area contributed by atoms with Crippen molar-refractivity contribution in [2.24, 2.45) is 0 Å². The summed E-state index contributed by atoms with van der Waals surface area (Å²) in [5, 5.41) is 3.57. The smallest absolute Gasteiger partial charge is 0.256 e. The van der Waals surface area contributed by atoms with E-state index in [0.717, 1.165) is 11.1 Å². The lowest BCUT2D eigenvalue weighted by molar-refractivity contribution is -0.134.